The minimum atomic E-state index is -0.467. The van der Waals surface area contributed by atoms with Crippen molar-refractivity contribution < 1.29 is 0 Å². The van der Waals surface area contributed by atoms with Crippen molar-refractivity contribution >= 4 is 32.4 Å². The molecular formula is C48H31N. The van der Waals surface area contributed by atoms with Gasteiger partial charge in [0.2, 0.25) is 0 Å². The first-order chi connectivity index (χ1) is 24.3. The van der Waals surface area contributed by atoms with Crippen molar-refractivity contribution in [2.75, 3.05) is 0 Å². The molecule has 0 saturated heterocycles. The van der Waals surface area contributed by atoms with Crippen LogP contribution in [-0.4, -0.2) is 4.98 Å². The molecule has 0 spiro atoms. The summed E-state index contributed by atoms with van der Waals surface area (Å²) in [6.45, 7) is 0. The van der Waals surface area contributed by atoms with Gasteiger partial charge in [-0.1, -0.05) is 170 Å². The Labute approximate surface area is 285 Å². The third-order valence-electron chi connectivity index (χ3n) is 10.6. The van der Waals surface area contributed by atoms with Crippen molar-refractivity contribution in [1.29, 1.82) is 0 Å². The number of para-hydroxylation sites is 1. The lowest BCUT2D eigenvalue weighted by atomic mass is 9.67. The van der Waals surface area contributed by atoms with Crippen LogP contribution in [0.4, 0.5) is 0 Å². The smallest absolute Gasteiger partial charge is 0.0713 e. The SMILES string of the molecule is c1ccc(-c2c3ccccc3c(-c3ccc4c(c3)C(c3ccccc3)(c3ccccc3)c3ccccc3-4)c3cnc4ccccc4c23)cc1. The Morgan fingerprint density at radius 2 is 0.918 bits per heavy atom. The van der Waals surface area contributed by atoms with E-state index in [1.54, 1.807) is 0 Å². The van der Waals surface area contributed by atoms with Crippen LogP contribution in [0.2, 0.25) is 0 Å². The average Bonchev–Trinajstić information content (AvgIpc) is 3.48. The van der Waals surface area contributed by atoms with Gasteiger partial charge in [-0.25, -0.2) is 0 Å². The Morgan fingerprint density at radius 3 is 1.63 bits per heavy atom. The molecule has 0 unspecified atom stereocenters. The molecule has 9 aromatic rings. The quantitative estimate of drug-likeness (QED) is 0.141. The summed E-state index contributed by atoms with van der Waals surface area (Å²) in [5.41, 5.74) is 13.2. The molecule has 49 heavy (non-hydrogen) atoms. The average molecular weight is 622 g/mol. The van der Waals surface area contributed by atoms with E-state index < -0.39 is 5.41 Å². The first kappa shape index (κ1) is 27.8. The van der Waals surface area contributed by atoms with Crippen LogP contribution >= 0.6 is 0 Å². The number of nitrogens with zero attached hydrogens (tertiary/aromatic N) is 1. The molecule has 0 fully saturated rings. The van der Waals surface area contributed by atoms with Gasteiger partial charge in [0, 0.05) is 22.4 Å². The molecule has 0 radical (unpaired) electrons. The number of fused-ring (bicyclic) bond motifs is 7. The monoisotopic (exact) mass is 621 g/mol. The molecule has 8 aromatic carbocycles. The lowest BCUT2D eigenvalue weighted by Crippen LogP contribution is -2.28. The van der Waals surface area contributed by atoms with Gasteiger partial charge in [0.05, 0.1) is 10.9 Å². The third-order valence-corrected chi connectivity index (χ3v) is 10.6. The minimum Gasteiger partial charge on any atom is -0.256 e. The van der Waals surface area contributed by atoms with Crippen LogP contribution in [-0.2, 0) is 5.41 Å². The molecule has 0 amide bonds. The Bertz CT molecular complexity index is 2650. The zero-order valence-electron chi connectivity index (χ0n) is 26.8. The van der Waals surface area contributed by atoms with E-state index in [1.807, 2.05) is 0 Å². The van der Waals surface area contributed by atoms with E-state index in [4.69, 9.17) is 4.98 Å². The molecule has 0 atom stereocenters. The lowest BCUT2D eigenvalue weighted by Gasteiger charge is -2.34. The predicted molar refractivity (Wildman–Crippen MR) is 205 cm³/mol. The van der Waals surface area contributed by atoms with Crippen molar-refractivity contribution in [1.82, 2.24) is 4.98 Å². The maximum absolute atomic E-state index is 5.07. The van der Waals surface area contributed by atoms with Crippen LogP contribution in [0.1, 0.15) is 22.3 Å². The molecule has 0 saturated carbocycles. The molecule has 1 heterocycles. The van der Waals surface area contributed by atoms with E-state index in [0.717, 1.165) is 10.9 Å². The fourth-order valence-electron chi connectivity index (χ4n) is 8.61. The molecule has 10 rings (SSSR count). The zero-order chi connectivity index (χ0) is 32.4. The van der Waals surface area contributed by atoms with Gasteiger partial charge >= 0.3 is 0 Å². The number of hydrogen-bond donors (Lipinski definition) is 0. The molecule has 1 heteroatoms. The summed E-state index contributed by atoms with van der Waals surface area (Å²) < 4.78 is 0. The van der Waals surface area contributed by atoms with Crippen LogP contribution < -0.4 is 0 Å². The third kappa shape index (κ3) is 3.97. The van der Waals surface area contributed by atoms with E-state index in [9.17, 15) is 0 Å². The largest absolute Gasteiger partial charge is 0.256 e. The summed E-state index contributed by atoms with van der Waals surface area (Å²) in [6.07, 6.45) is 2.11. The van der Waals surface area contributed by atoms with Gasteiger partial charge in [-0.3, -0.25) is 4.98 Å². The summed E-state index contributed by atoms with van der Waals surface area (Å²) in [5, 5.41) is 6.05. The molecule has 1 aromatic heterocycles. The topological polar surface area (TPSA) is 12.9 Å². The Kier molecular flexibility index (Phi) is 6.16. The Balaban J connectivity index is 1.36. The summed E-state index contributed by atoms with van der Waals surface area (Å²) in [7, 11) is 0. The van der Waals surface area contributed by atoms with E-state index in [0.29, 0.717) is 0 Å². The minimum absolute atomic E-state index is 0.467. The maximum atomic E-state index is 5.07. The standard InChI is InChI=1S/C48H31N/c1-4-16-32(17-5-1)46-39-24-11-10-23-38(39)45(41-31-49-44-27-15-13-25-40(44)47(41)46)33-28-29-37-36-22-12-14-26-42(36)48(43(37)30-33,34-18-6-2-7-19-34)35-20-8-3-9-21-35/h1-31H. The first-order valence-electron chi connectivity index (χ1n) is 17.0. The predicted octanol–water partition coefficient (Wildman–Crippen LogP) is 12.2. The molecule has 0 N–H and O–H groups in total. The molecular weight excluding hydrogens is 591 g/mol. The highest BCUT2D eigenvalue weighted by molar-refractivity contribution is 6.27. The van der Waals surface area contributed by atoms with E-state index in [-0.39, 0.29) is 0 Å². The van der Waals surface area contributed by atoms with Gasteiger partial charge in [-0.05, 0) is 78.5 Å². The highest BCUT2D eigenvalue weighted by Gasteiger charge is 2.46. The number of aromatic nitrogens is 1. The number of pyridine rings is 1. The summed E-state index contributed by atoms with van der Waals surface area (Å²) in [6, 6.07) is 66.5. The summed E-state index contributed by atoms with van der Waals surface area (Å²) in [5.74, 6) is 0. The normalized spacial score (nSPS) is 13.1. The number of benzene rings is 8. The van der Waals surface area contributed by atoms with E-state index >= 15 is 0 Å². The van der Waals surface area contributed by atoms with E-state index in [1.165, 1.54) is 77.2 Å². The van der Waals surface area contributed by atoms with Crippen molar-refractivity contribution in [3.05, 3.63) is 210 Å². The van der Waals surface area contributed by atoms with Gasteiger partial charge in [-0.15, -0.1) is 0 Å². The van der Waals surface area contributed by atoms with Crippen LogP contribution in [0.15, 0.2) is 188 Å². The highest BCUT2D eigenvalue weighted by atomic mass is 14.7. The lowest BCUT2D eigenvalue weighted by molar-refractivity contribution is 0.769. The van der Waals surface area contributed by atoms with Crippen molar-refractivity contribution in [3.8, 4) is 33.4 Å². The molecule has 1 nitrogen and oxygen atoms in total. The zero-order valence-corrected chi connectivity index (χ0v) is 26.8. The first-order valence-corrected chi connectivity index (χ1v) is 17.0. The van der Waals surface area contributed by atoms with Gasteiger partial charge in [0.15, 0.2) is 0 Å². The fraction of sp³-hybridized carbons (Fsp3) is 0.0208. The van der Waals surface area contributed by atoms with Crippen LogP contribution in [0.25, 0.3) is 65.8 Å². The number of rotatable bonds is 4. The van der Waals surface area contributed by atoms with Crippen molar-refractivity contribution in [2.45, 2.75) is 5.41 Å². The molecule has 1 aliphatic rings. The second-order valence-electron chi connectivity index (χ2n) is 13.0. The Morgan fingerprint density at radius 1 is 0.367 bits per heavy atom. The highest BCUT2D eigenvalue weighted by Crippen LogP contribution is 2.57. The van der Waals surface area contributed by atoms with Crippen LogP contribution in [0, 0.1) is 0 Å². The van der Waals surface area contributed by atoms with Gasteiger partial charge in [0.1, 0.15) is 0 Å². The second kappa shape index (κ2) is 10.9. The molecule has 1 aliphatic carbocycles. The second-order valence-corrected chi connectivity index (χ2v) is 13.0. The van der Waals surface area contributed by atoms with Crippen molar-refractivity contribution in [2.24, 2.45) is 0 Å². The van der Waals surface area contributed by atoms with Crippen LogP contribution in [0.3, 0.4) is 0 Å². The molecule has 228 valence electrons. The van der Waals surface area contributed by atoms with Gasteiger partial charge in [0.25, 0.3) is 0 Å². The number of hydrogen-bond acceptors (Lipinski definition) is 1. The summed E-state index contributed by atoms with van der Waals surface area (Å²) >= 11 is 0. The van der Waals surface area contributed by atoms with E-state index in [2.05, 4.69) is 188 Å². The van der Waals surface area contributed by atoms with Crippen molar-refractivity contribution in [3.63, 3.8) is 0 Å². The Hall–Kier alpha value is -6.31. The van der Waals surface area contributed by atoms with Gasteiger partial charge in [-0.2, -0.15) is 0 Å². The molecule has 0 bridgehead atoms. The van der Waals surface area contributed by atoms with Gasteiger partial charge < -0.3 is 0 Å². The maximum Gasteiger partial charge on any atom is 0.0713 e. The molecule has 0 aliphatic heterocycles. The van der Waals surface area contributed by atoms with Crippen LogP contribution in [0.5, 0.6) is 0 Å². The fourth-order valence-corrected chi connectivity index (χ4v) is 8.61. The summed E-state index contributed by atoms with van der Waals surface area (Å²) in [4.78, 5) is 5.07.